The van der Waals surface area contributed by atoms with Gasteiger partial charge >= 0.3 is 5.97 Å². The summed E-state index contributed by atoms with van der Waals surface area (Å²) >= 11 is 5.95. The Labute approximate surface area is 96.8 Å². The maximum Gasteiger partial charge on any atom is 0.303 e. The second-order valence-electron chi connectivity index (χ2n) is 3.25. The van der Waals surface area contributed by atoms with Gasteiger partial charge in [0, 0.05) is 18.6 Å². The Kier molecular flexibility index (Phi) is 4.25. The van der Waals surface area contributed by atoms with Gasteiger partial charge in [0.05, 0.1) is 10.3 Å². The lowest BCUT2D eigenvalue weighted by atomic mass is 10.1. The maximum absolute atomic E-state index is 10.4. The normalized spacial score (nSPS) is 12.1. The van der Waals surface area contributed by atoms with E-state index in [0.29, 0.717) is 12.0 Å². The number of non-ortho nitro benzene ring substituents is 1. The van der Waals surface area contributed by atoms with Gasteiger partial charge in [-0.15, -0.1) is 11.6 Å². The number of alkyl halides is 1. The maximum atomic E-state index is 10.4. The van der Waals surface area contributed by atoms with Gasteiger partial charge in [0.15, 0.2) is 0 Å². The molecule has 0 amide bonds. The smallest absolute Gasteiger partial charge is 0.303 e. The molecule has 0 saturated carbocycles. The highest BCUT2D eigenvalue weighted by atomic mass is 35.5. The molecule has 0 fully saturated rings. The first-order valence-electron chi connectivity index (χ1n) is 4.61. The third-order valence-electron chi connectivity index (χ3n) is 2.08. The minimum atomic E-state index is -0.910. The van der Waals surface area contributed by atoms with E-state index in [-0.39, 0.29) is 12.1 Å². The molecule has 0 aliphatic rings. The Hall–Kier alpha value is -1.62. The molecule has 1 N–H and O–H groups in total. The van der Waals surface area contributed by atoms with Crippen LogP contribution in [0.4, 0.5) is 5.69 Å². The molecule has 0 aliphatic heterocycles. The summed E-state index contributed by atoms with van der Waals surface area (Å²) in [5.41, 5.74) is 0.680. The number of carbonyl (C=O) groups is 1. The number of aliphatic carboxylic acids is 1. The van der Waals surface area contributed by atoms with Crippen molar-refractivity contribution in [2.45, 2.75) is 18.2 Å². The molecule has 86 valence electrons. The first-order valence-corrected chi connectivity index (χ1v) is 5.04. The van der Waals surface area contributed by atoms with Crippen molar-refractivity contribution < 1.29 is 14.8 Å². The van der Waals surface area contributed by atoms with Crippen LogP contribution in [0.1, 0.15) is 23.8 Å². The van der Waals surface area contributed by atoms with E-state index in [2.05, 4.69) is 0 Å². The molecule has 0 saturated heterocycles. The highest BCUT2D eigenvalue weighted by Crippen LogP contribution is 2.26. The average molecular weight is 244 g/mol. The zero-order valence-electron chi connectivity index (χ0n) is 8.30. The lowest BCUT2D eigenvalue weighted by Gasteiger charge is -2.07. The number of halogens is 1. The predicted molar refractivity (Wildman–Crippen MR) is 58.6 cm³/mol. The summed E-state index contributed by atoms with van der Waals surface area (Å²) in [5.74, 6) is -0.910. The fraction of sp³-hybridized carbons (Fsp3) is 0.300. The zero-order valence-corrected chi connectivity index (χ0v) is 9.05. The van der Waals surface area contributed by atoms with Crippen LogP contribution in [0.15, 0.2) is 24.3 Å². The molecule has 1 atom stereocenters. The largest absolute Gasteiger partial charge is 0.481 e. The number of benzene rings is 1. The van der Waals surface area contributed by atoms with Crippen LogP contribution in [-0.2, 0) is 4.79 Å². The van der Waals surface area contributed by atoms with Crippen LogP contribution in [0.5, 0.6) is 0 Å². The summed E-state index contributed by atoms with van der Waals surface area (Å²) in [6.45, 7) is 0. The minimum absolute atomic E-state index is 0.00847. The van der Waals surface area contributed by atoms with Crippen LogP contribution < -0.4 is 0 Å². The second kappa shape index (κ2) is 5.46. The number of nitro groups is 1. The SMILES string of the molecule is O=C(O)CCC(Cl)c1ccc([N+](=O)[O-])cc1. The summed E-state index contributed by atoms with van der Waals surface area (Å²) in [5, 5.41) is 18.4. The third kappa shape index (κ3) is 3.51. The van der Waals surface area contributed by atoms with Gasteiger partial charge in [-0.1, -0.05) is 12.1 Å². The van der Waals surface area contributed by atoms with Crippen LogP contribution in [0, 0.1) is 10.1 Å². The molecule has 1 rings (SSSR count). The summed E-state index contributed by atoms with van der Waals surface area (Å²) < 4.78 is 0. The van der Waals surface area contributed by atoms with Gasteiger partial charge in [0.25, 0.3) is 5.69 Å². The molecule has 0 spiro atoms. The van der Waals surface area contributed by atoms with Gasteiger partial charge < -0.3 is 5.11 Å². The van der Waals surface area contributed by atoms with Crippen LogP contribution >= 0.6 is 11.6 Å². The van der Waals surface area contributed by atoms with Crippen molar-refractivity contribution in [1.82, 2.24) is 0 Å². The van der Waals surface area contributed by atoms with Gasteiger partial charge in [0.1, 0.15) is 0 Å². The van der Waals surface area contributed by atoms with E-state index in [0.717, 1.165) is 0 Å². The van der Waals surface area contributed by atoms with Crippen molar-refractivity contribution in [2.24, 2.45) is 0 Å². The third-order valence-corrected chi connectivity index (χ3v) is 2.55. The van der Waals surface area contributed by atoms with Crippen molar-refractivity contribution in [1.29, 1.82) is 0 Å². The average Bonchev–Trinajstić information content (AvgIpc) is 2.26. The number of nitro benzene ring substituents is 1. The van der Waals surface area contributed by atoms with Gasteiger partial charge in [0.2, 0.25) is 0 Å². The molecule has 6 heteroatoms. The van der Waals surface area contributed by atoms with Crippen LogP contribution in [-0.4, -0.2) is 16.0 Å². The zero-order chi connectivity index (χ0) is 12.1. The second-order valence-corrected chi connectivity index (χ2v) is 3.78. The monoisotopic (exact) mass is 243 g/mol. The van der Waals surface area contributed by atoms with E-state index in [1.54, 1.807) is 0 Å². The number of nitrogens with zero attached hydrogens (tertiary/aromatic N) is 1. The van der Waals surface area contributed by atoms with Crippen molar-refractivity contribution in [3.05, 3.63) is 39.9 Å². The van der Waals surface area contributed by atoms with Crippen molar-refractivity contribution in [3.63, 3.8) is 0 Å². The van der Waals surface area contributed by atoms with E-state index < -0.39 is 16.3 Å². The lowest BCUT2D eigenvalue weighted by Crippen LogP contribution is -1.98. The predicted octanol–water partition coefficient (Wildman–Crippen LogP) is 2.74. The fourth-order valence-corrected chi connectivity index (χ4v) is 1.48. The summed E-state index contributed by atoms with van der Waals surface area (Å²) in [6, 6.07) is 5.78. The molecule has 0 bridgehead atoms. The number of hydrogen-bond acceptors (Lipinski definition) is 3. The van der Waals surface area contributed by atoms with Crippen LogP contribution in [0.25, 0.3) is 0 Å². The lowest BCUT2D eigenvalue weighted by molar-refractivity contribution is -0.384. The molecule has 1 aromatic carbocycles. The number of hydrogen-bond donors (Lipinski definition) is 1. The summed E-state index contributed by atoms with van der Waals surface area (Å²) in [6.07, 6.45) is 0.278. The summed E-state index contributed by atoms with van der Waals surface area (Å²) in [7, 11) is 0. The Balaban J connectivity index is 2.66. The molecule has 16 heavy (non-hydrogen) atoms. The number of carboxylic acid groups (broad SMARTS) is 1. The van der Waals surface area contributed by atoms with Gasteiger partial charge in [-0.3, -0.25) is 14.9 Å². The molecule has 1 unspecified atom stereocenters. The fourth-order valence-electron chi connectivity index (χ4n) is 1.22. The molecule has 0 heterocycles. The Bertz CT molecular complexity index is 390. The molecule has 1 aromatic rings. The quantitative estimate of drug-likeness (QED) is 0.490. The Morgan fingerprint density at radius 2 is 2.00 bits per heavy atom. The van der Waals surface area contributed by atoms with Crippen molar-refractivity contribution >= 4 is 23.3 Å². The van der Waals surface area contributed by atoms with Crippen molar-refractivity contribution in [2.75, 3.05) is 0 Å². The molecule has 0 aromatic heterocycles. The first kappa shape index (κ1) is 12.4. The van der Waals surface area contributed by atoms with E-state index in [4.69, 9.17) is 16.7 Å². The molecular formula is C10H10ClNO4. The minimum Gasteiger partial charge on any atom is -0.481 e. The van der Waals surface area contributed by atoms with E-state index in [9.17, 15) is 14.9 Å². The molecule has 0 radical (unpaired) electrons. The standard InChI is InChI=1S/C10H10ClNO4/c11-9(5-6-10(13)14)7-1-3-8(4-2-7)12(15)16/h1-4,9H,5-6H2,(H,13,14). The van der Waals surface area contributed by atoms with E-state index in [1.165, 1.54) is 24.3 Å². The van der Waals surface area contributed by atoms with E-state index in [1.807, 2.05) is 0 Å². The summed E-state index contributed by atoms with van der Waals surface area (Å²) in [4.78, 5) is 20.2. The molecular weight excluding hydrogens is 234 g/mol. The first-order chi connectivity index (χ1) is 7.50. The molecule has 0 aliphatic carbocycles. The van der Waals surface area contributed by atoms with Crippen molar-refractivity contribution in [3.8, 4) is 0 Å². The number of carboxylic acids is 1. The highest BCUT2D eigenvalue weighted by Gasteiger charge is 2.12. The van der Waals surface area contributed by atoms with Crippen LogP contribution in [0.3, 0.4) is 0 Å². The van der Waals surface area contributed by atoms with Gasteiger partial charge in [-0.05, 0) is 12.0 Å². The topological polar surface area (TPSA) is 80.4 Å². The van der Waals surface area contributed by atoms with Gasteiger partial charge in [-0.2, -0.15) is 0 Å². The Morgan fingerprint density at radius 1 is 1.44 bits per heavy atom. The van der Waals surface area contributed by atoms with Gasteiger partial charge in [-0.25, -0.2) is 0 Å². The Morgan fingerprint density at radius 3 is 2.44 bits per heavy atom. The van der Waals surface area contributed by atoms with E-state index >= 15 is 0 Å². The van der Waals surface area contributed by atoms with Crippen LogP contribution in [0.2, 0.25) is 0 Å². The highest BCUT2D eigenvalue weighted by molar-refractivity contribution is 6.20. The number of rotatable bonds is 5. The molecule has 5 nitrogen and oxygen atoms in total.